The van der Waals surface area contributed by atoms with Crippen LogP contribution in [0.25, 0.3) is 157 Å². The Kier molecular flexibility index (Phi) is 18.1. The van der Waals surface area contributed by atoms with E-state index in [1.807, 2.05) is 34.0 Å². The molecule has 0 amide bonds. The van der Waals surface area contributed by atoms with Gasteiger partial charge in [0, 0.05) is 94.6 Å². The minimum Gasteiger partial charge on any atom is -0.311 e. The number of hydrogen-bond acceptors (Lipinski definition) is 5. The van der Waals surface area contributed by atoms with E-state index >= 15 is 0 Å². The highest BCUT2D eigenvalue weighted by Gasteiger charge is 2.51. The highest BCUT2D eigenvalue weighted by Crippen LogP contribution is 2.65. The molecule has 0 aliphatic heterocycles. The molecule has 0 unspecified atom stereocenters. The molecule has 0 spiro atoms. The van der Waals surface area contributed by atoms with Crippen LogP contribution in [0.2, 0.25) is 0 Å². The lowest BCUT2D eigenvalue weighted by Gasteiger charge is -2.35. The van der Waals surface area contributed by atoms with Gasteiger partial charge in [0.05, 0.1) is 16.2 Å². The Bertz CT molecular complexity index is 9360. The monoisotopic (exact) mass is 1830 g/mol. The maximum atomic E-state index is 2.43. The normalized spacial score (nSPS) is 13.5. The van der Waals surface area contributed by atoms with Crippen LogP contribution in [0.4, 0.5) is 34.1 Å². The molecule has 3 aromatic heterocycles. The molecule has 0 saturated heterocycles. The highest BCUT2D eigenvalue weighted by atomic mass is 32.1. The zero-order valence-corrected chi connectivity index (χ0v) is 78.6. The van der Waals surface area contributed by atoms with Gasteiger partial charge in [0.1, 0.15) is 0 Å². The van der Waals surface area contributed by atoms with Crippen LogP contribution in [0.5, 0.6) is 0 Å². The molecule has 0 atom stereocenters. The second kappa shape index (κ2) is 31.6. The standard InChI is InChI=1S/C55H38N2.C43H24S2.C37H22S/c1-5-17-41(18-6-1)56(42-19-7-2-8-20-42)45-35-31-39(32-36-45)55(40-33-37-46(38-34-40)57(43-21-9-3-10-22-43)44-23-11-4-12-24-44)51-29-15-27-49-47-25-13-14-26-48(47)50-28-16-30-52(55)54(50)53(49)51;1-2-12-26-25(11-1)29-15-7-19-33-39(29)40-30(26)16-8-20-34(40)43(33,35-21-9-17-31-27-13-3-5-23-37(27)44-41(31)35)36-22-10-18-32-28-14-4-6-24-38(28)45-42(32)36;1-2-11-23(12-3-1)37(32-21-10-18-29-26-15-6-7-22-33(26)38-36(29)32)30-19-8-16-27-24-13-4-5-14-25(24)28-17-9-20-31(37)35(28)34(27)30/h1-38H;1-24H;1-22H. The molecule has 3 aliphatic carbocycles. The Morgan fingerprint density at radius 1 is 0.121 bits per heavy atom. The third-order valence-electron chi connectivity index (χ3n) is 30.9. The van der Waals surface area contributed by atoms with Gasteiger partial charge in [-0.25, -0.2) is 0 Å². The second-order valence-corrected chi connectivity index (χ2v) is 40.7. The van der Waals surface area contributed by atoms with Crippen molar-refractivity contribution in [1.82, 2.24) is 0 Å². The largest absolute Gasteiger partial charge is 0.311 e. The molecule has 5 heteroatoms. The molecule has 0 fully saturated rings. The Hall–Kier alpha value is -16.9. The number of benzene rings is 25. The fourth-order valence-electron chi connectivity index (χ4n) is 25.5. The number of para-hydroxylation sites is 4. The SMILES string of the molecule is c1ccc(C2(c3cccc4c3sc3ccccc34)c3cccc4c5ccccc5c5cccc2c5c34)cc1.c1ccc(N(c2ccccc2)c2ccc(C3(c4ccc(N(c5ccccc5)c5ccccc5)cc4)c4cccc5c6ccccc6c6cccc3c6c45)cc2)cc1.c1ccc2c(c1)sc1c(C3(c4cccc5c4sc4ccccc45)c4cccc5c6ccccc6c6cccc3c6c45)cccc12. The lowest BCUT2D eigenvalue weighted by molar-refractivity contribution is 0.771. The second-order valence-electron chi connectivity index (χ2n) is 37.6. The molecule has 3 aliphatic rings. The molecule has 31 rings (SSSR count). The quantitative estimate of drug-likeness (QED) is 0.113. The fourth-order valence-corrected chi connectivity index (χ4v) is 29.3. The van der Waals surface area contributed by atoms with Crippen molar-refractivity contribution in [3.63, 3.8) is 0 Å². The first-order valence-corrected chi connectivity index (χ1v) is 50.9. The number of thiophene rings is 3. The molecule has 0 bridgehead atoms. The van der Waals surface area contributed by atoms with Crippen molar-refractivity contribution in [2.75, 3.05) is 9.80 Å². The van der Waals surface area contributed by atoms with Crippen LogP contribution in [0.15, 0.2) is 510 Å². The summed E-state index contributed by atoms with van der Waals surface area (Å²) in [6, 6.07) is 189. The van der Waals surface area contributed by atoms with Gasteiger partial charge in [-0.1, -0.05) is 419 Å². The molecule has 28 aromatic rings. The molecule has 3 heterocycles. The zero-order valence-electron chi connectivity index (χ0n) is 76.1. The number of hydrogen-bond donors (Lipinski definition) is 0. The third kappa shape index (κ3) is 11.4. The predicted octanol–water partition coefficient (Wildman–Crippen LogP) is 37.6. The average Bonchev–Trinajstić information content (AvgIpc) is 1.51. The van der Waals surface area contributed by atoms with E-state index < -0.39 is 16.2 Å². The van der Waals surface area contributed by atoms with Crippen LogP contribution < -0.4 is 9.80 Å². The summed E-state index contributed by atoms with van der Waals surface area (Å²) in [5, 5.41) is 32.3. The summed E-state index contributed by atoms with van der Waals surface area (Å²) < 4.78 is 8.16. The summed E-state index contributed by atoms with van der Waals surface area (Å²) in [4.78, 5) is 4.68. The van der Waals surface area contributed by atoms with E-state index in [9.17, 15) is 0 Å². The van der Waals surface area contributed by atoms with Crippen molar-refractivity contribution in [3.8, 4) is 0 Å². The van der Waals surface area contributed by atoms with Gasteiger partial charge in [-0.2, -0.15) is 0 Å². The Morgan fingerprint density at radius 2 is 0.307 bits per heavy atom. The summed E-state index contributed by atoms with van der Waals surface area (Å²) in [6.45, 7) is 0. The number of nitrogens with zero attached hydrogens (tertiary/aromatic N) is 2. The van der Waals surface area contributed by atoms with E-state index in [1.165, 1.54) is 224 Å². The number of anilines is 6. The van der Waals surface area contributed by atoms with Crippen LogP contribution in [0.3, 0.4) is 0 Å². The molecule has 25 aromatic carbocycles. The fraction of sp³-hybridized carbons (Fsp3) is 0.0222. The summed E-state index contributed by atoms with van der Waals surface area (Å²) in [7, 11) is 0. The first kappa shape index (κ1) is 80.4. The predicted molar refractivity (Wildman–Crippen MR) is 601 cm³/mol. The van der Waals surface area contributed by atoms with Crippen molar-refractivity contribution in [3.05, 3.63) is 576 Å². The van der Waals surface area contributed by atoms with Gasteiger partial charge >= 0.3 is 0 Å². The van der Waals surface area contributed by atoms with E-state index in [2.05, 4.69) is 519 Å². The van der Waals surface area contributed by atoms with Gasteiger partial charge in [0.15, 0.2) is 0 Å². The number of fused-ring (bicyclic) bond motifs is 18. The minimum absolute atomic E-state index is 0.402. The Labute approximate surface area is 821 Å². The first-order chi connectivity index (χ1) is 69.5. The Balaban J connectivity index is 0.000000103. The van der Waals surface area contributed by atoms with E-state index in [4.69, 9.17) is 0 Å². The molecule has 0 saturated carbocycles. The van der Waals surface area contributed by atoms with Crippen LogP contribution >= 0.6 is 34.0 Å². The van der Waals surface area contributed by atoms with Crippen LogP contribution in [-0.4, -0.2) is 0 Å². The van der Waals surface area contributed by atoms with Crippen molar-refractivity contribution in [2.45, 2.75) is 16.2 Å². The maximum absolute atomic E-state index is 2.43. The summed E-state index contributed by atoms with van der Waals surface area (Å²) in [5.41, 5.74) is 21.4. The molecular weight excluding hydrogens is 1750 g/mol. The van der Waals surface area contributed by atoms with Gasteiger partial charge < -0.3 is 9.80 Å². The van der Waals surface area contributed by atoms with Crippen molar-refractivity contribution in [1.29, 1.82) is 0 Å². The topological polar surface area (TPSA) is 6.48 Å². The van der Waals surface area contributed by atoms with Crippen molar-refractivity contribution in [2.24, 2.45) is 0 Å². The lowest BCUT2D eigenvalue weighted by Crippen LogP contribution is -2.29. The average molecular weight is 1830 g/mol. The van der Waals surface area contributed by atoms with Crippen molar-refractivity contribution >= 4 is 226 Å². The zero-order chi connectivity index (χ0) is 91.9. The minimum atomic E-state index is -0.565. The highest BCUT2D eigenvalue weighted by molar-refractivity contribution is 7.27. The van der Waals surface area contributed by atoms with Crippen LogP contribution in [0, 0.1) is 0 Å². The van der Waals surface area contributed by atoms with E-state index in [0.717, 1.165) is 34.1 Å². The third-order valence-corrected chi connectivity index (χ3v) is 34.5. The van der Waals surface area contributed by atoms with Gasteiger partial charge in [-0.05, 0) is 255 Å². The van der Waals surface area contributed by atoms with Crippen LogP contribution in [0.1, 0.15) is 66.8 Å². The smallest absolute Gasteiger partial charge is 0.0741 e. The summed E-state index contributed by atoms with van der Waals surface area (Å²) in [5.74, 6) is 0. The van der Waals surface area contributed by atoms with Gasteiger partial charge in [-0.3, -0.25) is 0 Å². The molecule has 652 valence electrons. The van der Waals surface area contributed by atoms with Gasteiger partial charge in [0.2, 0.25) is 0 Å². The maximum Gasteiger partial charge on any atom is 0.0741 e. The molecule has 0 N–H and O–H groups in total. The van der Waals surface area contributed by atoms with Crippen LogP contribution in [-0.2, 0) is 16.2 Å². The summed E-state index contributed by atoms with van der Waals surface area (Å²) >= 11 is 5.81. The summed E-state index contributed by atoms with van der Waals surface area (Å²) in [6.07, 6.45) is 0. The van der Waals surface area contributed by atoms with Gasteiger partial charge in [0.25, 0.3) is 0 Å². The molecule has 140 heavy (non-hydrogen) atoms. The molecule has 0 radical (unpaired) electrons. The van der Waals surface area contributed by atoms with E-state index in [0.29, 0.717) is 0 Å². The van der Waals surface area contributed by atoms with E-state index in [1.54, 1.807) is 0 Å². The molecule has 2 nitrogen and oxygen atoms in total. The Morgan fingerprint density at radius 3 is 0.579 bits per heavy atom. The van der Waals surface area contributed by atoms with Crippen molar-refractivity contribution < 1.29 is 0 Å². The first-order valence-electron chi connectivity index (χ1n) is 48.4. The van der Waals surface area contributed by atoms with Gasteiger partial charge in [-0.15, -0.1) is 34.0 Å². The molecular formula is C135H84N2S3. The number of rotatable bonds is 12. The lowest BCUT2D eigenvalue weighted by atomic mass is 9.67. The van der Waals surface area contributed by atoms with E-state index in [-0.39, 0.29) is 0 Å².